The molecule has 4 heteroatoms. The Hall–Kier alpha value is -2.62. The van der Waals surface area contributed by atoms with E-state index in [1.54, 1.807) is 0 Å². The second kappa shape index (κ2) is 9.32. The lowest BCUT2D eigenvalue weighted by atomic mass is 9.62. The first-order chi connectivity index (χ1) is 15.4. The van der Waals surface area contributed by atoms with Gasteiger partial charge in [-0.15, -0.1) is 0 Å². The molecule has 0 bridgehead atoms. The van der Waals surface area contributed by atoms with Crippen molar-refractivity contribution in [3.8, 4) is 0 Å². The van der Waals surface area contributed by atoms with Gasteiger partial charge in [-0.1, -0.05) is 60.3 Å². The Kier molecular flexibility index (Phi) is 7.07. The summed E-state index contributed by atoms with van der Waals surface area (Å²) >= 11 is 0. The number of rotatable bonds is 8. The fourth-order valence-corrected chi connectivity index (χ4v) is 4.77. The molecule has 33 heavy (non-hydrogen) atoms. The van der Waals surface area contributed by atoms with E-state index in [2.05, 4.69) is 65.2 Å². The summed E-state index contributed by atoms with van der Waals surface area (Å²) < 4.78 is 34.1. The van der Waals surface area contributed by atoms with Crippen LogP contribution < -0.4 is 5.32 Å². The minimum atomic E-state index is -0.725. The third-order valence-electron chi connectivity index (χ3n) is 7.06. The van der Waals surface area contributed by atoms with Crippen molar-refractivity contribution in [2.75, 3.05) is 12.4 Å². The predicted molar refractivity (Wildman–Crippen MR) is 135 cm³/mol. The first-order valence-corrected chi connectivity index (χ1v) is 11.8. The molecule has 178 valence electrons. The van der Waals surface area contributed by atoms with Gasteiger partial charge in [0.25, 0.3) is 0 Å². The smallest absolute Gasteiger partial charge is 0.139 e. The Labute approximate surface area is 197 Å². The van der Waals surface area contributed by atoms with E-state index < -0.39 is 11.6 Å². The van der Waals surface area contributed by atoms with E-state index in [1.165, 1.54) is 35.9 Å². The molecule has 0 amide bonds. The van der Waals surface area contributed by atoms with Gasteiger partial charge in [0.05, 0.1) is 12.7 Å². The van der Waals surface area contributed by atoms with Gasteiger partial charge in [0.1, 0.15) is 17.4 Å². The minimum Gasteiger partial charge on any atom is -0.497 e. The number of unbranched alkanes of at least 4 members (excludes halogenated alkanes) is 1. The molecule has 0 atom stereocenters. The summed E-state index contributed by atoms with van der Waals surface area (Å²) in [4.78, 5) is 0. The van der Waals surface area contributed by atoms with Crippen molar-refractivity contribution in [3.05, 3.63) is 76.9 Å². The first-order valence-electron chi connectivity index (χ1n) is 11.8. The predicted octanol–water partition coefficient (Wildman–Crippen LogP) is 8.36. The normalized spacial score (nSPS) is 16.1. The molecular weight excluding hydrogens is 416 g/mol. The number of benzene rings is 2. The molecule has 0 spiro atoms. The Balaban J connectivity index is 2.04. The van der Waals surface area contributed by atoms with Crippen LogP contribution >= 0.6 is 0 Å². The lowest BCUT2D eigenvalue weighted by Crippen LogP contribution is -2.34. The molecular formula is C29H37F2NO. The zero-order chi connectivity index (χ0) is 24.6. The van der Waals surface area contributed by atoms with Crippen molar-refractivity contribution in [2.45, 2.75) is 77.6 Å². The molecule has 2 aromatic rings. The van der Waals surface area contributed by atoms with Gasteiger partial charge in [0.2, 0.25) is 0 Å². The number of hydrogen-bond donors (Lipinski definition) is 1. The lowest BCUT2D eigenvalue weighted by molar-refractivity contribution is 0.331. The second-order valence-corrected chi connectivity index (χ2v) is 10.5. The summed E-state index contributed by atoms with van der Waals surface area (Å²) in [5, 5.41) is 3.15. The van der Waals surface area contributed by atoms with Gasteiger partial charge in [-0.2, -0.15) is 0 Å². The number of ether oxygens (including phenoxy) is 1. The maximum Gasteiger partial charge on any atom is 0.139 e. The number of anilines is 1. The SMILES string of the molecule is C=C(Nc1cc(F)c(C(=C)OC)c(F)c1)c1cc2c(cc1CCCC)C(C)(C)CCC2(C)C. The van der Waals surface area contributed by atoms with E-state index >= 15 is 0 Å². The highest BCUT2D eigenvalue weighted by Gasteiger charge is 2.37. The highest BCUT2D eigenvalue weighted by atomic mass is 19.1. The van der Waals surface area contributed by atoms with E-state index in [1.807, 2.05) is 0 Å². The van der Waals surface area contributed by atoms with Crippen LogP contribution in [0.2, 0.25) is 0 Å². The molecule has 0 saturated carbocycles. The second-order valence-electron chi connectivity index (χ2n) is 10.5. The number of fused-ring (bicyclic) bond motifs is 1. The highest BCUT2D eigenvalue weighted by molar-refractivity contribution is 5.79. The molecule has 0 radical (unpaired) electrons. The average molecular weight is 454 g/mol. The quantitative estimate of drug-likeness (QED) is 0.405. The number of nitrogens with one attached hydrogen (secondary N) is 1. The van der Waals surface area contributed by atoms with Crippen molar-refractivity contribution in [1.29, 1.82) is 0 Å². The van der Waals surface area contributed by atoms with Crippen LogP contribution in [0.3, 0.4) is 0 Å². The van der Waals surface area contributed by atoms with E-state index in [9.17, 15) is 8.78 Å². The van der Waals surface area contributed by atoms with E-state index in [0.717, 1.165) is 37.7 Å². The highest BCUT2D eigenvalue weighted by Crippen LogP contribution is 2.47. The van der Waals surface area contributed by atoms with Crippen LogP contribution in [-0.2, 0) is 22.0 Å². The van der Waals surface area contributed by atoms with Gasteiger partial charge in [-0.05, 0) is 71.4 Å². The van der Waals surface area contributed by atoms with Crippen LogP contribution in [0.5, 0.6) is 0 Å². The molecule has 0 unspecified atom stereocenters. The van der Waals surface area contributed by atoms with Gasteiger partial charge in [0, 0.05) is 16.9 Å². The largest absolute Gasteiger partial charge is 0.497 e. The van der Waals surface area contributed by atoms with Gasteiger partial charge in [-0.3, -0.25) is 0 Å². The van der Waals surface area contributed by atoms with Crippen molar-refractivity contribution >= 4 is 17.1 Å². The molecule has 0 aliphatic heterocycles. The van der Waals surface area contributed by atoms with Gasteiger partial charge in [-0.25, -0.2) is 8.78 Å². The van der Waals surface area contributed by atoms with Crippen LogP contribution in [0.4, 0.5) is 14.5 Å². The fraction of sp³-hybridized carbons (Fsp3) is 0.448. The zero-order valence-electron chi connectivity index (χ0n) is 20.9. The molecule has 0 saturated heterocycles. The molecule has 0 heterocycles. The number of halogens is 2. The first kappa shape index (κ1) is 25.0. The Bertz CT molecular complexity index is 1060. The lowest BCUT2D eigenvalue weighted by Gasteiger charge is -2.42. The molecule has 1 N–H and O–H groups in total. The molecule has 2 nitrogen and oxygen atoms in total. The monoisotopic (exact) mass is 453 g/mol. The van der Waals surface area contributed by atoms with Crippen molar-refractivity contribution in [1.82, 2.24) is 0 Å². The van der Waals surface area contributed by atoms with Crippen LogP contribution in [-0.4, -0.2) is 7.11 Å². The van der Waals surface area contributed by atoms with E-state index in [-0.39, 0.29) is 22.2 Å². The number of methoxy groups -OCH3 is 1. The number of aryl methyl sites for hydroxylation is 1. The van der Waals surface area contributed by atoms with Crippen LogP contribution in [0, 0.1) is 11.6 Å². The molecule has 3 rings (SSSR count). The summed E-state index contributed by atoms with van der Waals surface area (Å²) in [6.45, 7) is 19.2. The summed E-state index contributed by atoms with van der Waals surface area (Å²) in [6.07, 6.45) is 5.36. The third-order valence-corrected chi connectivity index (χ3v) is 7.06. The zero-order valence-corrected chi connectivity index (χ0v) is 20.9. The maximum absolute atomic E-state index is 14.6. The van der Waals surface area contributed by atoms with Crippen LogP contribution in [0.25, 0.3) is 11.5 Å². The molecule has 2 aromatic carbocycles. The van der Waals surface area contributed by atoms with Gasteiger partial charge >= 0.3 is 0 Å². The Morgan fingerprint density at radius 3 is 2.03 bits per heavy atom. The van der Waals surface area contributed by atoms with Gasteiger partial charge in [0.15, 0.2) is 0 Å². The fourth-order valence-electron chi connectivity index (χ4n) is 4.77. The number of hydrogen-bond acceptors (Lipinski definition) is 2. The standard InChI is InChI=1S/C29H37F2NO/c1-9-10-11-20-14-23-24(29(6,7)13-12-28(23,4)5)17-22(20)18(2)32-21-15-25(30)27(19(3)33-8)26(31)16-21/h14-17,32H,2-3,9-13H2,1,4-8H3. The van der Waals surface area contributed by atoms with Crippen LogP contribution in [0.15, 0.2) is 37.4 Å². The van der Waals surface area contributed by atoms with Gasteiger partial charge < -0.3 is 10.1 Å². The Morgan fingerprint density at radius 2 is 1.52 bits per heavy atom. The maximum atomic E-state index is 14.6. The Morgan fingerprint density at radius 1 is 0.970 bits per heavy atom. The summed E-state index contributed by atoms with van der Waals surface area (Å²) in [5.41, 5.74) is 5.84. The summed E-state index contributed by atoms with van der Waals surface area (Å²) in [6, 6.07) is 7.11. The molecule has 1 aliphatic rings. The summed E-state index contributed by atoms with van der Waals surface area (Å²) in [5.74, 6) is -1.50. The van der Waals surface area contributed by atoms with Crippen molar-refractivity contribution < 1.29 is 13.5 Å². The minimum absolute atomic E-state index is 0.0447. The molecule has 0 fully saturated rings. The average Bonchev–Trinajstić information content (AvgIpc) is 2.74. The summed E-state index contributed by atoms with van der Waals surface area (Å²) in [7, 11) is 1.34. The van der Waals surface area contributed by atoms with E-state index in [0.29, 0.717) is 11.4 Å². The van der Waals surface area contributed by atoms with Crippen LogP contribution in [0.1, 0.15) is 88.1 Å². The van der Waals surface area contributed by atoms with Crippen molar-refractivity contribution in [2.24, 2.45) is 0 Å². The topological polar surface area (TPSA) is 21.3 Å². The van der Waals surface area contributed by atoms with Crippen molar-refractivity contribution in [3.63, 3.8) is 0 Å². The third kappa shape index (κ3) is 5.00. The van der Waals surface area contributed by atoms with E-state index in [4.69, 9.17) is 4.74 Å². The molecule has 0 aromatic heterocycles. The molecule has 1 aliphatic carbocycles.